The third-order valence-corrected chi connectivity index (χ3v) is 2.80. The minimum Gasteiger partial charge on any atom is -0.399 e. The van der Waals surface area contributed by atoms with E-state index in [-0.39, 0.29) is 11.7 Å². The first kappa shape index (κ1) is 13.1. The zero-order valence-corrected chi connectivity index (χ0v) is 10.4. The number of hydrogen-bond donors (Lipinski definition) is 2. The van der Waals surface area contributed by atoms with E-state index in [0.717, 1.165) is 5.56 Å². The molecule has 0 radical (unpaired) electrons. The molecule has 0 heterocycles. The Bertz CT molecular complexity index is 567. The molecular formula is C15H15FN2O. The first-order chi connectivity index (χ1) is 9.15. The van der Waals surface area contributed by atoms with E-state index in [9.17, 15) is 9.18 Å². The Labute approximate surface area is 111 Å². The zero-order valence-electron chi connectivity index (χ0n) is 10.4. The van der Waals surface area contributed by atoms with Crippen molar-refractivity contribution in [1.82, 2.24) is 0 Å². The number of nitrogen functional groups attached to an aromatic ring is 1. The first-order valence-corrected chi connectivity index (χ1v) is 6.04. The summed E-state index contributed by atoms with van der Waals surface area (Å²) in [5.41, 5.74) is 8.04. The normalized spacial score (nSPS) is 10.2. The lowest BCUT2D eigenvalue weighted by Gasteiger charge is -2.06. The lowest BCUT2D eigenvalue weighted by atomic mass is 10.1. The molecule has 0 atom stereocenters. The van der Waals surface area contributed by atoms with Gasteiger partial charge in [0.15, 0.2) is 0 Å². The molecule has 2 rings (SSSR count). The van der Waals surface area contributed by atoms with Gasteiger partial charge < -0.3 is 11.1 Å². The number of rotatable bonds is 4. The van der Waals surface area contributed by atoms with Gasteiger partial charge in [0.1, 0.15) is 5.82 Å². The summed E-state index contributed by atoms with van der Waals surface area (Å²) < 4.78 is 12.7. The lowest BCUT2D eigenvalue weighted by Crippen LogP contribution is -2.12. The fourth-order valence-electron chi connectivity index (χ4n) is 1.77. The van der Waals surface area contributed by atoms with Crippen LogP contribution in [0.1, 0.15) is 12.0 Å². The maximum absolute atomic E-state index is 12.7. The van der Waals surface area contributed by atoms with Crippen molar-refractivity contribution in [3.8, 4) is 0 Å². The summed E-state index contributed by atoms with van der Waals surface area (Å²) in [5.74, 6) is -0.440. The molecule has 2 aromatic carbocycles. The van der Waals surface area contributed by atoms with E-state index < -0.39 is 0 Å². The highest BCUT2D eigenvalue weighted by atomic mass is 19.1. The number of nitrogens with one attached hydrogen (secondary N) is 1. The highest BCUT2D eigenvalue weighted by molar-refractivity contribution is 5.90. The summed E-state index contributed by atoms with van der Waals surface area (Å²) in [6, 6.07) is 13.2. The Kier molecular flexibility index (Phi) is 4.13. The fourth-order valence-corrected chi connectivity index (χ4v) is 1.77. The maximum Gasteiger partial charge on any atom is 0.224 e. The summed E-state index contributed by atoms with van der Waals surface area (Å²) in [5, 5.41) is 2.71. The van der Waals surface area contributed by atoms with Gasteiger partial charge in [-0.05, 0) is 42.3 Å². The van der Waals surface area contributed by atoms with Crippen LogP contribution in [0.3, 0.4) is 0 Å². The summed E-state index contributed by atoms with van der Waals surface area (Å²) >= 11 is 0. The van der Waals surface area contributed by atoms with E-state index in [1.165, 1.54) is 24.3 Å². The van der Waals surface area contributed by atoms with Crippen LogP contribution in [0.2, 0.25) is 0 Å². The van der Waals surface area contributed by atoms with Crippen LogP contribution in [0.15, 0.2) is 48.5 Å². The molecule has 98 valence electrons. The van der Waals surface area contributed by atoms with Gasteiger partial charge in [0.25, 0.3) is 0 Å². The number of carbonyl (C=O) groups is 1. The SMILES string of the molecule is Nc1ccccc1CCC(=O)Nc1ccc(F)cc1. The van der Waals surface area contributed by atoms with Crippen molar-refractivity contribution in [2.24, 2.45) is 0 Å². The van der Waals surface area contributed by atoms with Gasteiger partial charge in [-0.2, -0.15) is 0 Å². The number of amides is 1. The Balaban J connectivity index is 1.88. The van der Waals surface area contributed by atoms with Crippen molar-refractivity contribution in [2.45, 2.75) is 12.8 Å². The highest BCUT2D eigenvalue weighted by Gasteiger charge is 2.05. The van der Waals surface area contributed by atoms with Crippen LogP contribution < -0.4 is 11.1 Å². The minimum atomic E-state index is -0.324. The molecular weight excluding hydrogens is 243 g/mol. The molecule has 0 aliphatic rings. The van der Waals surface area contributed by atoms with Crippen LogP contribution in [0, 0.1) is 5.82 Å². The molecule has 0 spiro atoms. The van der Waals surface area contributed by atoms with Gasteiger partial charge >= 0.3 is 0 Å². The fraction of sp³-hybridized carbons (Fsp3) is 0.133. The molecule has 0 fully saturated rings. The predicted molar refractivity (Wildman–Crippen MR) is 74.2 cm³/mol. The average Bonchev–Trinajstić information content (AvgIpc) is 2.40. The van der Waals surface area contributed by atoms with Crippen molar-refractivity contribution in [1.29, 1.82) is 0 Å². The lowest BCUT2D eigenvalue weighted by molar-refractivity contribution is -0.116. The maximum atomic E-state index is 12.7. The second-order valence-electron chi connectivity index (χ2n) is 4.25. The van der Waals surface area contributed by atoms with Gasteiger partial charge in [0.2, 0.25) is 5.91 Å². The van der Waals surface area contributed by atoms with Crippen molar-refractivity contribution in [3.05, 3.63) is 59.9 Å². The average molecular weight is 258 g/mol. The van der Waals surface area contributed by atoms with E-state index in [1.54, 1.807) is 0 Å². The van der Waals surface area contributed by atoms with E-state index in [4.69, 9.17) is 5.73 Å². The number of halogens is 1. The molecule has 1 amide bonds. The second kappa shape index (κ2) is 6.00. The van der Waals surface area contributed by atoms with Crippen LogP contribution in [0.5, 0.6) is 0 Å². The minimum absolute atomic E-state index is 0.116. The number of carbonyl (C=O) groups excluding carboxylic acids is 1. The van der Waals surface area contributed by atoms with E-state index >= 15 is 0 Å². The molecule has 19 heavy (non-hydrogen) atoms. The van der Waals surface area contributed by atoms with E-state index in [2.05, 4.69) is 5.32 Å². The summed E-state index contributed by atoms with van der Waals surface area (Å²) in [4.78, 5) is 11.7. The number of benzene rings is 2. The van der Waals surface area contributed by atoms with Crippen LogP contribution in [0.4, 0.5) is 15.8 Å². The summed E-state index contributed by atoms with van der Waals surface area (Å²) in [6.07, 6.45) is 0.922. The molecule has 0 aliphatic heterocycles. The molecule has 2 aromatic rings. The van der Waals surface area contributed by atoms with Gasteiger partial charge in [-0.15, -0.1) is 0 Å². The van der Waals surface area contributed by atoms with Crippen molar-refractivity contribution in [2.75, 3.05) is 11.1 Å². The Morgan fingerprint density at radius 3 is 2.47 bits per heavy atom. The zero-order chi connectivity index (χ0) is 13.7. The molecule has 0 bridgehead atoms. The molecule has 3 nitrogen and oxygen atoms in total. The van der Waals surface area contributed by atoms with Crippen LogP contribution in [0.25, 0.3) is 0 Å². The molecule has 0 unspecified atom stereocenters. The number of para-hydroxylation sites is 1. The first-order valence-electron chi connectivity index (χ1n) is 6.04. The number of hydrogen-bond acceptors (Lipinski definition) is 2. The largest absolute Gasteiger partial charge is 0.399 e. The topological polar surface area (TPSA) is 55.1 Å². The van der Waals surface area contributed by atoms with Gasteiger partial charge in [0.05, 0.1) is 0 Å². The van der Waals surface area contributed by atoms with E-state index in [0.29, 0.717) is 24.2 Å². The number of aryl methyl sites for hydroxylation is 1. The molecule has 3 N–H and O–H groups in total. The third-order valence-electron chi connectivity index (χ3n) is 2.80. The summed E-state index contributed by atoms with van der Waals surface area (Å²) in [6.45, 7) is 0. The number of nitrogens with two attached hydrogens (primary N) is 1. The van der Waals surface area contributed by atoms with Gasteiger partial charge in [0, 0.05) is 17.8 Å². The molecule has 0 aliphatic carbocycles. The van der Waals surface area contributed by atoms with Gasteiger partial charge in [-0.3, -0.25) is 4.79 Å². The number of anilines is 2. The standard InChI is InChI=1S/C15H15FN2O/c16-12-6-8-13(9-7-12)18-15(19)10-5-11-3-1-2-4-14(11)17/h1-4,6-9H,5,10,17H2,(H,18,19). The van der Waals surface area contributed by atoms with Crippen molar-refractivity contribution in [3.63, 3.8) is 0 Å². The van der Waals surface area contributed by atoms with Crippen LogP contribution in [-0.2, 0) is 11.2 Å². The molecule has 0 aromatic heterocycles. The van der Waals surface area contributed by atoms with Crippen LogP contribution >= 0.6 is 0 Å². The third kappa shape index (κ3) is 3.81. The van der Waals surface area contributed by atoms with Crippen molar-refractivity contribution < 1.29 is 9.18 Å². The molecule has 0 saturated heterocycles. The summed E-state index contributed by atoms with van der Waals surface area (Å²) in [7, 11) is 0. The quantitative estimate of drug-likeness (QED) is 0.828. The van der Waals surface area contributed by atoms with Crippen molar-refractivity contribution >= 4 is 17.3 Å². The second-order valence-corrected chi connectivity index (χ2v) is 4.25. The van der Waals surface area contributed by atoms with Crippen LogP contribution in [-0.4, -0.2) is 5.91 Å². The van der Waals surface area contributed by atoms with Gasteiger partial charge in [-0.1, -0.05) is 18.2 Å². The Morgan fingerprint density at radius 1 is 1.11 bits per heavy atom. The smallest absolute Gasteiger partial charge is 0.224 e. The highest BCUT2D eigenvalue weighted by Crippen LogP contribution is 2.14. The van der Waals surface area contributed by atoms with Gasteiger partial charge in [-0.25, -0.2) is 4.39 Å². The monoisotopic (exact) mass is 258 g/mol. The Hall–Kier alpha value is -2.36. The molecule has 4 heteroatoms. The Morgan fingerprint density at radius 2 is 1.79 bits per heavy atom. The molecule has 0 saturated carbocycles. The predicted octanol–water partition coefficient (Wildman–Crippen LogP) is 2.98. The van der Waals surface area contributed by atoms with E-state index in [1.807, 2.05) is 24.3 Å².